The first-order valence-electron chi connectivity index (χ1n) is 8.99. The van der Waals surface area contributed by atoms with Crippen LogP contribution in [0.15, 0.2) is 58.0 Å². The molecule has 2 N–H and O–H groups in total. The Morgan fingerprint density at radius 2 is 2.00 bits per heavy atom. The van der Waals surface area contributed by atoms with Gasteiger partial charge in [0, 0.05) is 23.7 Å². The van der Waals surface area contributed by atoms with Crippen LogP contribution >= 0.6 is 11.6 Å². The van der Waals surface area contributed by atoms with Crippen molar-refractivity contribution in [3.8, 4) is 11.4 Å². The highest BCUT2D eigenvalue weighted by Gasteiger charge is 2.09. The Morgan fingerprint density at radius 3 is 2.75 bits per heavy atom. The molecule has 0 amide bonds. The van der Waals surface area contributed by atoms with Gasteiger partial charge in [0.05, 0.1) is 0 Å². The Labute approximate surface area is 167 Å². The van der Waals surface area contributed by atoms with Crippen LogP contribution in [0.5, 0.6) is 0 Å². The number of aromatic nitrogens is 2. The fourth-order valence-electron chi connectivity index (χ4n) is 2.53. The molecule has 0 atom stereocenters. The van der Waals surface area contributed by atoms with E-state index in [-0.39, 0.29) is 12.4 Å². The zero-order valence-corrected chi connectivity index (χ0v) is 16.2. The third-order valence-electron chi connectivity index (χ3n) is 3.89. The Hall–Kier alpha value is -2.93. The fourth-order valence-corrected chi connectivity index (χ4v) is 2.72. The van der Waals surface area contributed by atoms with E-state index in [1.165, 1.54) is 12.1 Å². The van der Waals surface area contributed by atoms with E-state index in [4.69, 9.17) is 16.1 Å². The largest absolute Gasteiger partial charge is 0.357 e. The first-order chi connectivity index (χ1) is 13.6. The van der Waals surface area contributed by atoms with Crippen LogP contribution < -0.4 is 10.6 Å². The van der Waals surface area contributed by atoms with Gasteiger partial charge in [-0.25, -0.2) is 9.38 Å². The average Bonchev–Trinajstić information content (AvgIpc) is 3.17. The second kappa shape index (κ2) is 9.85. The minimum absolute atomic E-state index is 0.233. The number of hydrogen-bond acceptors (Lipinski definition) is 4. The van der Waals surface area contributed by atoms with Crippen LogP contribution in [0, 0.1) is 5.82 Å². The van der Waals surface area contributed by atoms with E-state index in [0.29, 0.717) is 29.2 Å². The summed E-state index contributed by atoms with van der Waals surface area (Å²) in [6, 6.07) is 13.7. The monoisotopic (exact) mass is 401 g/mol. The third kappa shape index (κ3) is 5.79. The molecule has 3 rings (SSSR count). The molecular formula is C20H21ClFN5O. The fraction of sp³-hybridized carbons (Fsp3) is 0.250. The van der Waals surface area contributed by atoms with Crippen molar-refractivity contribution in [2.75, 3.05) is 13.1 Å². The molecule has 1 heterocycles. The van der Waals surface area contributed by atoms with Gasteiger partial charge in [0.15, 0.2) is 5.96 Å². The smallest absolute Gasteiger partial charge is 0.248 e. The highest BCUT2D eigenvalue weighted by molar-refractivity contribution is 6.30. The van der Waals surface area contributed by atoms with Crippen molar-refractivity contribution < 1.29 is 8.91 Å². The van der Waals surface area contributed by atoms with Crippen LogP contribution in [-0.4, -0.2) is 29.2 Å². The average molecular weight is 402 g/mol. The molecule has 28 heavy (non-hydrogen) atoms. The van der Waals surface area contributed by atoms with E-state index in [0.717, 1.165) is 24.1 Å². The molecule has 0 aliphatic heterocycles. The SMILES string of the molecule is CCNC(=NCc1nc(-c2cccc(Cl)c2)no1)NCCc1ccc(F)cc1. The van der Waals surface area contributed by atoms with Gasteiger partial charge in [0.2, 0.25) is 11.7 Å². The van der Waals surface area contributed by atoms with Crippen molar-refractivity contribution in [1.82, 2.24) is 20.8 Å². The molecule has 0 bridgehead atoms. The molecule has 1 aromatic heterocycles. The molecule has 3 aromatic rings. The van der Waals surface area contributed by atoms with E-state index in [1.807, 2.05) is 19.1 Å². The summed E-state index contributed by atoms with van der Waals surface area (Å²) in [4.78, 5) is 8.82. The Balaban J connectivity index is 1.57. The van der Waals surface area contributed by atoms with E-state index in [9.17, 15) is 4.39 Å². The molecule has 0 aliphatic rings. The van der Waals surface area contributed by atoms with E-state index in [1.54, 1.807) is 24.3 Å². The first kappa shape index (κ1) is 19.8. The highest BCUT2D eigenvalue weighted by Crippen LogP contribution is 2.20. The van der Waals surface area contributed by atoms with Crippen LogP contribution in [0.4, 0.5) is 4.39 Å². The number of nitrogens with one attached hydrogen (secondary N) is 2. The summed E-state index contributed by atoms with van der Waals surface area (Å²) < 4.78 is 18.2. The molecule has 2 aromatic carbocycles. The number of rotatable bonds is 7. The minimum atomic E-state index is -0.233. The van der Waals surface area contributed by atoms with Crippen molar-refractivity contribution in [3.63, 3.8) is 0 Å². The molecule has 8 heteroatoms. The Kier molecular flexibility index (Phi) is 6.97. The minimum Gasteiger partial charge on any atom is -0.357 e. The topological polar surface area (TPSA) is 75.3 Å². The van der Waals surface area contributed by atoms with Crippen molar-refractivity contribution in [2.45, 2.75) is 19.9 Å². The summed E-state index contributed by atoms with van der Waals surface area (Å²) in [6.07, 6.45) is 0.754. The van der Waals surface area contributed by atoms with Crippen LogP contribution in [0.2, 0.25) is 5.02 Å². The second-order valence-corrected chi connectivity index (χ2v) is 6.46. The zero-order chi connectivity index (χ0) is 19.8. The molecule has 0 spiro atoms. The summed E-state index contributed by atoms with van der Waals surface area (Å²) in [7, 11) is 0. The van der Waals surface area contributed by atoms with Crippen molar-refractivity contribution >= 4 is 17.6 Å². The lowest BCUT2D eigenvalue weighted by Crippen LogP contribution is -2.38. The summed E-state index contributed by atoms with van der Waals surface area (Å²) >= 11 is 6.00. The molecule has 0 aliphatic carbocycles. The number of guanidine groups is 1. The highest BCUT2D eigenvalue weighted by atomic mass is 35.5. The summed E-state index contributed by atoms with van der Waals surface area (Å²) in [5.74, 6) is 1.29. The van der Waals surface area contributed by atoms with Gasteiger partial charge in [-0.3, -0.25) is 0 Å². The van der Waals surface area contributed by atoms with Gasteiger partial charge in [-0.1, -0.05) is 41.0 Å². The maximum Gasteiger partial charge on any atom is 0.248 e. The van der Waals surface area contributed by atoms with Crippen LogP contribution in [0.1, 0.15) is 18.4 Å². The number of aliphatic imine (C=N–C) groups is 1. The maximum absolute atomic E-state index is 13.0. The number of hydrogen-bond donors (Lipinski definition) is 2. The van der Waals surface area contributed by atoms with Gasteiger partial charge < -0.3 is 15.2 Å². The maximum atomic E-state index is 13.0. The van der Waals surface area contributed by atoms with Gasteiger partial charge in [0.25, 0.3) is 0 Å². The van der Waals surface area contributed by atoms with E-state index < -0.39 is 0 Å². The van der Waals surface area contributed by atoms with E-state index >= 15 is 0 Å². The molecular weight excluding hydrogens is 381 g/mol. The quantitative estimate of drug-likeness (QED) is 0.465. The van der Waals surface area contributed by atoms with Crippen molar-refractivity contribution in [2.24, 2.45) is 4.99 Å². The molecule has 0 radical (unpaired) electrons. The summed E-state index contributed by atoms with van der Waals surface area (Å²) in [5, 5.41) is 11.0. The van der Waals surface area contributed by atoms with Gasteiger partial charge in [-0.05, 0) is 43.2 Å². The Bertz CT molecular complexity index is 926. The predicted molar refractivity (Wildman–Crippen MR) is 108 cm³/mol. The predicted octanol–water partition coefficient (Wildman–Crippen LogP) is 3.83. The zero-order valence-electron chi connectivity index (χ0n) is 15.5. The second-order valence-electron chi connectivity index (χ2n) is 6.02. The molecule has 6 nitrogen and oxygen atoms in total. The Morgan fingerprint density at radius 1 is 1.18 bits per heavy atom. The molecule has 0 unspecified atom stereocenters. The van der Waals surface area contributed by atoms with Gasteiger partial charge >= 0.3 is 0 Å². The van der Waals surface area contributed by atoms with Crippen molar-refractivity contribution in [3.05, 3.63) is 70.8 Å². The number of halogens is 2. The van der Waals surface area contributed by atoms with Crippen LogP contribution in [0.3, 0.4) is 0 Å². The van der Waals surface area contributed by atoms with Crippen molar-refractivity contribution in [1.29, 1.82) is 0 Å². The summed E-state index contributed by atoms with van der Waals surface area (Å²) in [6.45, 7) is 3.62. The normalized spacial score (nSPS) is 11.5. The lowest BCUT2D eigenvalue weighted by molar-refractivity contribution is 0.380. The molecule has 146 valence electrons. The molecule has 0 fully saturated rings. The third-order valence-corrected chi connectivity index (χ3v) is 4.12. The summed E-state index contributed by atoms with van der Waals surface area (Å²) in [5.41, 5.74) is 1.84. The lowest BCUT2D eigenvalue weighted by Gasteiger charge is -2.10. The van der Waals surface area contributed by atoms with Gasteiger partial charge in [-0.15, -0.1) is 0 Å². The van der Waals surface area contributed by atoms with Gasteiger partial charge in [-0.2, -0.15) is 4.98 Å². The van der Waals surface area contributed by atoms with E-state index in [2.05, 4.69) is 25.8 Å². The lowest BCUT2D eigenvalue weighted by atomic mass is 10.1. The standard InChI is InChI=1S/C20H21ClFN5O/c1-2-23-20(24-11-10-14-6-8-17(22)9-7-14)25-13-18-26-19(27-28-18)15-4-3-5-16(21)12-15/h3-9,12H,2,10-11,13H2,1H3,(H2,23,24,25). The molecule has 0 saturated carbocycles. The first-order valence-corrected chi connectivity index (χ1v) is 9.37. The number of benzene rings is 2. The van der Waals surface area contributed by atoms with Crippen LogP contribution in [-0.2, 0) is 13.0 Å². The van der Waals surface area contributed by atoms with Crippen LogP contribution in [0.25, 0.3) is 11.4 Å². The molecule has 0 saturated heterocycles. The van der Waals surface area contributed by atoms with Gasteiger partial charge in [0.1, 0.15) is 12.4 Å². The number of nitrogens with zero attached hydrogens (tertiary/aromatic N) is 3.